The van der Waals surface area contributed by atoms with E-state index < -0.39 is 6.10 Å². The molecular formula is C39H43Cl3N4O5. The van der Waals surface area contributed by atoms with Crippen molar-refractivity contribution >= 4 is 34.8 Å². The molecule has 2 heterocycles. The van der Waals surface area contributed by atoms with Gasteiger partial charge in [0.05, 0.1) is 39.9 Å². The summed E-state index contributed by atoms with van der Waals surface area (Å²) in [6.07, 6.45) is 6.65. The summed E-state index contributed by atoms with van der Waals surface area (Å²) in [5.74, 6) is 1.65. The van der Waals surface area contributed by atoms with Gasteiger partial charge < -0.3 is 29.7 Å². The first-order chi connectivity index (χ1) is 24.8. The van der Waals surface area contributed by atoms with Gasteiger partial charge in [0.2, 0.25) is 0 Å². The molecule has 0 bridgehead atoms. The Morgan fingerprint density at radius 3 is 2.51 bits per heavy atom. The predicted octanol–water partition coefficient (Wildman–Crippen LogP) is 7.82. The first kappa shape index (κ1) is 38.6. The zero-order chi connectivity index (χ0) is 36.2. The Kier molecular flexibility index (Phi) is 14.6. The van der Waals surface area contributed by atoms with E-state index in [0.29, 0.717) is 76.6 Å². The van der Waals surface area contributed by atoms with Crippen molar-refractivity contribution in [3.8, 4) is 34.4 Å². The maximum absolute atomic E-state index is 9.46. The number of nitrogens with one attached hydrogen (secondary N) is 1. The van der Waals surface area contributed by atoms with E-state index in [1.54, 1.807) is 12.3 Å². The molecule has 1 fully saturated rings. The Hall–Kier alpha value is -3.59. The minimum atomic E-state index is -0.784. The van der Waals surface area contributed by atoms with Crippen molar-refractivity contribution in [3.63, 3.8) is 0 Å². The number of ether oxygens (including phenoxy) is 3. The van der Waals surface area contributed by atoms with Crippen LogP contribution in [0, 0.1) is 11.3 Å². The van der Waals surface area contributed by atoms with Gasteiger partial charge in [-0.25, -0.2) is 0 Å². The lowest BCUT2D eigenvalue weighted by molar-refractivity contribution is 0.0942. The molecule has 9 nitrogen and oxygen atoms in total. The van der Waals surface area contributed by atoms with E-state index in [4.69, 9.17) is 54.1 Å². The van der Waals surface area contributed by atoms with Crippen LogP contribution in [0.4, 0.5) is 0 Å². The number of aliphatic hydroxyl groups excluding tert-OH is 2. The van der Waals surface area contributed by atoms with E-state index in [1.807, 2.05) is 48.5 Å². The Balaban J connectivity index is 1.30. The van der Waals surface area contributed by atoms with Gasteiger partial charge in [0.1, 0.15) is 36.5 Å². The first-order valence-corrected chi connectivity index (χ1v) is 18.3. The van der Waals surface area contributed by atoms with Crippen LogP contribution >= 0.6 is 34.8 Å². The molecule has 3 aromatic carbocycles. The van der Waals surface area contributed by atoms with Gasteiger partial charge in [0.25, 0.3) is 0 Å². The van der Waals surface area contributed by atoms with E-state index in [2.05, 4.69) is 28.2 Å². The number of nitriles is 1. The van der Waals surface area contributed by atoms with E-state index in [1.165, 1.54) is 12.6 Å². The van der Waals surface area contributed by atoms with Crippen molar-refractivity contribution in [1.82, 2.24) is 15.2 Å². The number of aliphatic hydroxyl groups is 2. The standard InChI is InChI=1S/C39H43Cl3N4O5/c1-26-7-2-3-13-46(26)22-30-16-34(40)37(17-36(30)50-24-28-15-27(18-43)19-45-20-28)51-25-29-8-4-9-32(38(29)41)33-10-5-11-35(39(33)42)49-14-6-12-44-21-31(48)23-47/h4-5,8-11,15-17,19-20,26,31,44,47-48H,2-3,6-7,12-14,21-25H2,1H3/t26-,31+/m1/s1. The molecule has 1 aliphatic heterocycles. The summed E-state index contributed by atoms with van der Waals surface area (Å²) in [5.41, 5.74) is 4.43. The van der Waals surface area contributed by atoms with Crippen molar-refractivity contribution in [2.45, 2.75) is 64.5 Å². The summed E-state index contributed by atoms with van der Waals surface area (Å²) in [6.45, 7) is 5.39. The van der Waals surface area contributed by atoms with Gasteiger partial charge >= 0.3 is 0 Å². The molecule has 3 N–H and O–H groups in total. The normalized spacial score (nSPS) is 15.3. The number of benzene rings is 3. The van der Waals surface area contributed by atoms with Gasteiger partial charge in [-0.05, 0) is 57.5 Å². The first-order valence-electron chi connectivity index (χ1n) is 17.1. The monoisotopic (exact) mass is 752 g/mol. The highest BCUT2D eigenvalue weighted by Crippen LogP contribution is 2.41. The van der Waals surface area contributed by atoms with Crippen LogP contribution in [0.1, 0.15) is 54.9 Å². The van der Waals surface area contributed by atoms with Crippen molar-refractivity contribution < 1.29 is 24.4 Å². The van der Waals surface area contributed by atoms with E-state index in [0.717, 1.165) is 47.2 Å². The highest BCUT2D eigenvalue weighted by Gasteiger charge is 2.22. The lowest BCUT2D eigenvalue weighted by Crippen LogP contribution is -2.36. The van der Waals surface area contributed by atoms with Crippen LogP contribution in [0.25, 0.3) is 11.1 Å². The van der Waals surface area contributed by atoms with Crippen LogP contribution < -0.4 is 19.5 Å². The van der Waals surface area contributed by atoms with Crippen LogP contribution in [0.5, 0.6) is 17.2 Å². The third-order valence-corrected chi connectivity index (χ3v) is 9.94. The van der Waals surface area contributed by atoms with E-state index in [9.17, 15) is 10.4 Å². The van der Waals surface area contributed by atoms with Gasteiger partial charge in [-0.3, -0.25) is 9.88 Å². The minimum Gasteiger partial charge on any atom is -0.492 e. The second-order valence-electron chi connectivity index (χ2n) is 12.6. The van der Waals surface area contributed by atoms with Crippen LogP contribution in [-0.4, -0.2) is 65.1 Å². The molecule has 12 heteroatoms. The van der Waals surface area contributed by atoms with Crippen LogP contribution in [0.2, 0.25) is 15.1 Å². The number of piperidine rings is 1. The maximum atomic E-state index is 9.46. The third kappa shape index (κ3) is 10.7. The topological polar surface area (TPSA) is 120 Å². The zero-order valence-corrected chi connectivity index (χ0v) is 30.9. The smallest absolute Gasteiger partial charge is 0.142 e. The Morgan fingerprint density at radius 2 is 1.73 bits per heavy atom. The van der Waals surface area contributed by atoms with E-state index >= 15 is 0 Å². The molecular weight excluding hydrogens is 711 g/mol. The maximum Gasteiger partial charge on any atom is 0.142 e. The molecule has 0 amide bonds. The number of pyridine rings is 1. The third-order valence-electron chi connectivity index (χ3n) is 8.81. The Labute approximate surface area is 314 Å². The summed E-state index contributed by atoms with van der Waals surface area (Å²) in [7, 11) is 0. The zero-order valence-electron chi connectivity index (χ0n) is 28.6. The summed E-state index contributed by atoms with van der Waals surface area (Å²) in [4.78, 5) is 6.61. The highest BCUT2D eigenvalue weighted by molar-refractivity contribution is 6.37. The lowest BCUT2D eigenvalue weighted by atomic mass is 10.0. The second-order valence-corrected chi connectivity index (χ2v) is 13.8. The molecule has 0 radical (unpaired) electrons. The largest absolute Gasteiger partial charge is 0.492 e. The Bertz CT molecular complexity index is 1800. The fourth-order valence-corrected chi connectivity index (χ4v) is 6.75. The van der Waals surface area contributed by atoms with Gasteiger partial charge in [-0.15, -0.1) is 0 Å². The quantitative estimate of drug-likeness (QED) is 0.0928. The molecule has 4 aromatic rings. The number of hydrogen-bond acceptors (Lipinski definition) is 9. The molecule has 1 saturated heterocycles. The van der Waals surface area contributed by atoms with Crippen molar-refractivity contribution in [1.29, 1.82) is 5.26 Å². The van der Waals surface area contributed by atoms with Gasteiger partial charge in [-0.1, -0.05) is 71.6 Å². The SMILES string of the molecule is C[C@@H]1CCCCN1Cc1cc(Cl)c(OCc2cccc(-c3cccc(OCCCNC[C@H](O)CO)c3Cl)c2Cl)cc1OCc1cncc(C#N)c1. The van der Waals surface area contributed by atoms with Crippen molar-refractivity contribution in [2.24, 2.45) is 0 Å². The van der Waals surface area contributed by atoms with Gasteiger partial charge in [-0.2, -0.15) is 5.26 Å². The highest BCUT2D eigenvalue weighted by atomic mass is 35.5. The summed E-state index contributed by atoms with van der Waals surface area (Å²) < 4.78 is 18.6. The van der Waals surface area contributed by atoms with Crippen LogP contribution in [0.3, 0.4) is 0 Å². The summed E-state index contributed by atoms with van der Waals surface area (Å²) >= 11 is 20.6. The molecule has 0 unspecified atom stereocenters. The molecule has 0 aliphatic carbocycles. The van der Waals surface area contributed by atoms with Gasteiger partial charge in [0, 0.05) is 65.4 Å². The molecule has 5 rings (SSSR count). The average molecular weight is 754 g/mol. The number of aromatic nitrogens is 1. The minimum absolute atomic E-state index is 0.147. The second kappa shape index (κ2) is 19.3. The van der Waals surface area contributed by atoms with Crippen LogP contribution in [0.15, 0.2) is 67.0 Å². The summed E-state index contributed by atoms with van der Waals surface area (Å²) in [6, 6.07) is 19.4. The molecule has 1 aliphatic rings. The fraction of sp³-hybridized carbons (Fsp3) is 0.385. The molecule has 2 atom stereocenters. The molecule has 0 saturated carbocycles. The molecule has 51 heavy (non-hydrogen) atoms. The van der Waals surface area contributed by atoms with Gasteiger partial charge in [0.15, 0.2) is 0 Å². The number of nitrogens with zero attached hydrogens (tertiary/aromatic N) is 3. The van der Waals surface area contributed by atoms with Crippen molar-refractivity contribution in [2.75, 3.05) is 32.8 Å². The number of hydrogen-bond donors (Lipinski definition) is 3. The van der Waals surface area contributed by atoms with Crippen LogP contribution in [-0.2, 0) is 19.8 Å². The van der Waals surface area contributed by atoms with E-state index in [-0.39, 0.29) is 19.8 Å². The fourth-order valence-electron chi connectivity index (χ4n) is 5.94. The number of halogens is 3. The Morgan fingerprint density at radius 1 is 0.941 bits per heavy atom. The predicted molar refractivity (Wildman–Crippen MR) is 201 cm³/mol. The molecule has 1 aromatic heterocycles. The summed E-state index contributed by atoms with van der Waals surface area (Å²) in [5, 5.41) is 32.2. The molecule has 0 spiro atoms. The number of likely N-dealkylation sites (tertiary alicyclic amines) is 1. The molecule has 270 valence electrons. The average Bonchev–Trinajstić information content (AvgIpc) is 3.14. The lowest BCUT2D eigenvalue weighted by Gasteiger charge is -2.33. The van der Waals surface area contributed by atoms with Crippen molar-refractivity contribution in [3.05, 3.63) is 104 Å². The number of rotatable bonds is 17.